The maximum absolute atomic E-state index is 14.6. The van der Waals surface area contributed by atoms with Gasteiger partial charge < -0.3 is 15.6 Å². The molecule has 0 bridgehead atoms. The fourth-order valence-electron chi connectivity index (χ4n) is 3.66. The summed E-state index contributed by atoms with van der Waals surface area (Å²) in [6, 6.07) is 17.7. The molecular formula is C26H23FN4O2. The fourth-order valence-corrected chi connectivity index (χ4v) is 3.66. The quantitative estimate of drug-likeness (QED) is 0.457. The molecule has 7 heteroatoms. The van der Waals surface area contributed by atoms with E-state index in [1.807, 2.05) is 37.3 Å². The molecule has 3 N–H and O–H groups in total. The molecule has 6 nitrogen and oxygen atoms in total. The normalized spacial score (nSPS) is 10.6. The van der Waals surface area contributed by atoms with E-state index in [-0.39, 0.29) is 19.0 Å². The summed E-state index contributed by atoms with van der Waals surface area (Å²) in [4.78, 5) is 12.8. The third-order valence-corrected chi connectivity index (χ3v) is 5.19. The number of pyridine rings is 1. The van der Waals surface area contributed by atoms with Crippen molar-refractivity contribution in [2.24, 2.45) is 0 Å². The van der Waals surface area contributed by atoms with E-state index in [4.69, 9.17) is 10.5 Å². The number of nitrogen functional groups attached to an aromatic ring is 1. The molecule has 4 aromatic rings. The van der Waals surface area contributed by atoms with Crippen LogP contribution in [0, 0.1) is 12.7 Å². The van der Waals surface area contributed by atoms with Crippen molar-refractivity contribution in [3.8, 4) is 28.1 Å². The summed E-state index contributed by atoms with van der Waals surface area (Å²) in [5, 5.41) is 10.6. The first-order valence-electron chi connectivity index (χ1n) is 10.4. The summed E-state index contributed by atoms with van der Waals surface area (Å²) in [6.07, 6.45) is 4.66. The number of aliphatic hydroxyl groups excluding tert-OH is 1. The molecular weight excluding hydrogens is 419 g/mol. The molecule has 166 valence electrons. The van der Waals surface area contributed by atoms with Crippen molar-refractivity contribution in [3.63, 3.8) is 0 Å². The van der Waals surface area contributed by atoms with E-state index in [9.17, 15) is 9.50 Å². The van der Waals surface area contributed by atoms with Crippen LogP contribution in [0.25, 0.3) is 33.2 Å². The van der Waals surface area contributed by atoms with Gasteiger partial charge in [-0.05, 0) is 65.4 Å². The van der Waals surface area contributed by atoms with Crippen molar-refractivity contribution < 1.29 is 14.2 Å². The summed E-state index contributed by atoms with van der Waals surface area (Å²) in [5.41, 5.74) is 9.63. The number of nitrogens with two attached hydrogens (primary N) is 1. The van der Waals surface area contributed by atoms with Crippen molar-refractivity contribution in [1.29, 1.82) is 0 Å². The van der Waals surface area contributed by atoms with Gasteiger partial charge in [-0.1, -0.05) is 24.3 Å². The number of hydrogen-bond donors (Lipinski definition) is 2. The summed E-state index contributed by atoms with van der Waals surface area (Å²) in [5.74, 6) is 0.477. The van der Waals surface area contributed by atoms with E-state index in [0.29, 0.717) is 28.2 Å². The number of anilines is 1. The second-order valence-corrected chi connectivity index (χ2v) is 7.31. The lowest BCUT2D eigenvalue weighted by molar-refractivity contribution is 0.203. The minimum atomic E-state index is -0.375. The van der Waals surface area contributed by atoms with E-state index in [1.54, 1.807) is 36.7 Å². The average Bonchev–Trinajstić information content (AvgIpc) is 2.82. The van der Waals surface area contributed by atoms with Gasteiger partial charge in [0, 0.05) is 18.0 Å². The average molecular weight is 442 g/mol. The van der Waals surface area contributed by atoms with Crippen LogP contribution in [0.2, 0.25) is 0 Å². The Morgan fingerprint density at radius 1 is 0.939 bits per heavy atom. The standard InChI is InChI=1S/C26H23FN4O2/c1-17-5-4-11-29-16-31-23(20-6-2-3-7-22(20)27)15-21(17)18-8-9-24(33-14-13-32)25-19(18)10-12-30-26(25)28/h2-12,15-16,32H,13-14H2,1H3,(H2,28,30). The zero-order chi connectivity index (χ0) is 23.2. The Morgan fingerprint density at radius 3 is 2.61 bits per heavy atom. The largest absolute Gasteiger partial charge is 0.490 e. The first kappa shape index (κ1) is 22.1. The van der Waals surface area contributed by atoms with Crippen LogP contribution in [0.15, 0.2) is 79.4 Å². The molecule has 0 unspecified atom stereocenters. The Balaban J connectivity index is 2.06. The molecule has 0 radical (unpaired) electrons. The Labute approximate surface area is 190 Å². The van der Waals surface area contributed by atoms with Crippen molar-refractivity contribution >= 4 is 16.6 Å². The maximum Gasteiger partial charge on any atom is 0.135 e. The molecule has 0 aliphatic rings. The zero-order valence-electron chi connectivity index (χ0n) is 18.1. The molecule has 2 aromatic carbocycles. The molecule has 0 saturated carbocycles. The van der Waals surface area contributed by atoms with Crippen LogP contribution in [0.4, 0.5) is 10.2 Å². The number of nitrogens with zero attached hydrogens (tertiary/aromatic N) is 3. The predicted octanol–water partition coefficient (Wildman–Crippen LogP) is 4.88. The summed E-state index contributed by atoms with van der Waals surface area (Å²) in [6.45, 7) is 1.98. The van der Waals surface area contributed by atoms with Gasteiger partial charge in [0.15, 0.2) is 0 Å². The van der Waals surface area contributed by atoms with Crippen LogP contribution >= 0.6 is 0 Å². The summed E-state index contributed by atoms with van der Waals surface area (Å²) in [7, 11) is 0. The molecule has 0 saturated heterocycles. The SMILES string of the molecule is Cc1cccncnc(-c2ccccc2F)cc1-c1ccc(OCCO)c2c(N)nccc12. The third-order valence-electron chi connectivity index (χ3n) is 5.19. The van der Waals surface area contributed by atoms with Gasteiger partial charge in [-0.15, -0.1) is 0 Å². The summed E-state index contributed by atoms with van der Waals surface area (Å²) < 4.78 is 20.3. The van der Waals surface area contributed by atoms with Gasteiger partial charge >= 0.3 is 0 Å². The van der Waals surface area contributed by atoms with Crippen molar-refractivity contribution in [2.75, 3.05) is 18.9 Å². The highest BCUT2D eigenvalue weighted by Crippen LogP contribution is 2.38. The van der Waals surface area contributed by atoms with Crippen LogP contribution in [-0.2, 0) is 0 Å². The zero-order valence-corrected chi connectivity index (χ0v) is 18.1. The van der Waals surface area contributed by atoms with E-state index in [2.05, 4.69) is 15.0 Å². The van der Waals surface area contributed by atoms with Gasteiger partial charge in [0.1, 0.15) is 30.3 Å². The molecule has 0 aliphatic carbocycles. The third kappa shape index (κ3) is 4.73. The number of benzene rings is 2. The first-order chi connectivity index (χ1) is 16.1. The number of halogens is 1. The van der Waals surface area contributed by atoms with Crippen molar-refractivity contribution in [2.45, 2.75) is 6.92 Å². The van der Waals surface area contributed by atoms with Crippen molar-refractivity contribution in [1.82, 2.24) is 15.0 Å². The van der Waals surface area contributed by atoms with Gasteiger partial charge in [-0.2, -0.15) is 0 Å². The van der Waals surface area contributed by atoms with Gasteiger partial charge in [0.2, 0.25) is 0 Å². The number of aliphatic hydroxyl groups is 1. The highest BCUT2D eigenvalue weighted by atomic mass is 19.1. The minimum Gasteiger partial charge on any atom is -0.490 e. The maximum atomic E-state index is 14.6. The minimum absolute atomic E-state index is 0.118. The molecule has 0 spiro atoms. The fraction of sp³-hybridized carbons (Fsp3) is 0.115. The lowest BCUT2D eigenvalue weighted by Crippen LogP contribution is -2.03. The van der Waals surface area contributed by atoms with E-state index < -0.39 is 0 Å². The number of rotatable bonds is 5. The van der Waals surface area contributed by atoms with Crippen LogP contribution in [0.3, 0.4) is 0 Å². The molecule has 2 aromatic heterocycles. The summed E-state index contributed by atoms with van der Waals surface area (Å²) >= 11 is 0. The van der Waals surface area contributed by atoms with Gasteiger partial charge in [-0.25, -0.2) is 19.3 Å². The van der Waals surface area contributed by atoms with Gasteiger partial charge in [0.05, 0.1) is 17.7 Å². The van der Waals surface area contributed by atoms with Crippen LogP contribution in [-0.4, -0.2) is 33.3 Å². The van der Waals surface area contributed by atoms with Crippen LogP contribution < -0.4 is 10.5 Å². The lowest BCUT2D eigenvalue weighted by Gasteiger charge is -2.14. The molecule has 0 aliphatic heterocycles. The monoisotopic (exact) mass is 442 g/mol. The van der Waals surface area contributed by atoms with E-state index in [1.165, 1.54) is 12.4 Å². The smallest absolute Gasteiger partial charge is 0.135 e. The highest BCUT2D eigenvalue weighted by Gasteiger charge is 2.14. The Kier molecular flexibility index (Phi) is 6.71. The van der Waals surface area contributed by atoms with Gasteiger partial charge in [-0.3, -0.25) is 0 Å². The Morgan fingerprint density at radius 2 is 1.79 bits per heavy atom. The first-order valence-corrected chi connectivity index (χ1v) is 10.4. The number of ether oxygens (including phenoxy) is 1. The number of aromatic nitrogens is 3. The molecule has 2 heterocycles. The van der Waals surface area contributed by atoms with Crippen molar-refractivity contribution in [3.05, 3.63) is 90.8 Å². The van der Waals surface area contributed by atoms with Crippen LogP contribution in [0.1, 0.15) is 5.56 Å². The second-order valence-electron chi connectivity index (χ2n) is 7.31. The van der Waals surface area contributed by atoms with Crippen LogP contribution in [0.5, 0.6) is 5.75 Å². The van der Waals surface area contributed by atoms with E-state index in [0.717, 1.165) is 22.1 Å². The predicted molar refractivity (Wildman–Crippen MR) is 128 cm³/mol. The highest BCUT2D eigenvalue weighted by molar-refractivity contribution is 6.05. The Hall–Kier alpha value is -4.10. The second kappa shape index (κ2) is 10.0. The molecule has 0 amide bonds. The molecule has 4 rings (SSSR count). The Bertz CT molecular complexity index is 1360. The van der Waals surface area contributed by atoms with E-state index >= 15 is 0 Å². The number of aryl methyl sites for hydroxylation is 1. The lowest BCUT2D eigenvalue weighted by atomic mass is 9.95. The van der Waals surface area contributed by atoms with Gasteiger partial charge in [0.25, 0.3) is 0 Å². The molecule has 0 fully saturated rings. The molecule has 33 heavy (non-hydrogen) atoms. The number of fused-ring (bicyclic) bond motifs is 1. The number of hydrogen-bond acceptors (Lipinski definition) is 6. The topological polar surface area (TPSA) is 94.2 Å². The molecule has 0 atom stereocenters.